The first-order valence-electron chi connectivity index (χ1n) is 23.6. The molecule has 6 aromatic rings. The fourth-order valence-electron chi connectivity index (χ4n) is 9.88. The number of nitrogens with two attached hydrogens (primary N) is 1. The molecule has 3 aliphatic rings. The standard InChI is InChI=1S/C48H58N14O4S2/c1-30(2)41(45(64)61-22-11-15-35(61)44(63)53-27-39-52-26-37(67-39)32-13-6-5-7-14-32)62-29-38(56-58-62)65-24-9-8-20-59-21-12-23-60(31(3)28-59)47-51-19-17-34(54-47)43-55-46(66-57-43)48(4)18-10-16-36-40(48)33(25-49)42(50)68-36/h5-7,13-14,17,19,26,29-31,35,41H,8-12,15-16,18,20-24,27-28,50H2,1-4H3,(H,53,63)/t31-,35-,41-,48-/m0/s1. The number of carbonyl (C=O) groups excluding carboxylic acids is 2. The highest BCUT2D eigenvalue weighted by Gasteiger charge is 2.43. The molecule has 68 heavy (non-hydrogen) atoms. The van der Waals surface area contributed by atoms with E-state index in [1.807, 2.05) is 50.4 Å². The zero-order valence-corrected chi connectivity index (χ0v) is 40.6. The number of anilines is 2. The molecule has 20 heteroatoms. The van der Waals surface area contributed by atoms with Crippen LogP contribution < -0.4 is 20.7 Å². The molecule has 0 spiro atoms. The van der Waals surface area contributed by atoms with Crippen LogP contribution in [0.15, 0.2) is 59.5 Å². The average Bonchev–Trinajstić information content (AvgIpc) is 4.20. The number of nitrogens with zero attached hydrogens (tertiary/aromatic N) is 12. The van der Waals surface area contributed by atoms with E-state index in [-0.39, 0.29) is 23.8 Å². The first kappa shape index (κ1) is 46.8. The number of carbonyl (C=O) groups is 2. The molecule has 2 aliphatic heterocycles. The Morgan fingerprint density at radius 3 is 2.75 bits per heavy atom. The van der Waals surface area contributed by atoms with E-state index in [9.17, 15) is 14.9 Å². The van der Waals surface area contributed by atoms with Crippen molar-refractivity contribution in [3.8, 4) is 33.9 Å². The number of aryl methyl sites for hydroxylation is 1. The van der Waals surface area contributed by atoms with Crippen LogP contribution in [-0.4, -0.2) is 113 Å². The maximum absolute atomic E-state index is 14.1. The number of aromatic nitrogens is 8. The normalized spacial score (nSPS) is 20.2. The van der Waals surface area contributed by atoms with Crippen LogP contribution >= 0.6 is 22.7 Å². The first-order chi connectivity index (χ1) is 33.0. The van der Waals surface area contributed by atoms with Crippen LogP contribution in [0.1, 0.15) is 106 Å². The number of nitrogen functional groups attached to an aromatic ring is 1. The summed E-state index contributed by atoms with van der Waals surface area (Å²) in [6.07, 6.45) is 11.9. The van der Waals surface area contributed by atoms with Crippen molar-refractivity contribution in [3.05, 3.63) is 81.9 Å². The van der Waals surface area contributed by atoms with Gasteiger partial charge in [-0.2, -0.15) is 10.2 Å². The van der Waals surface area contributed by atoms with Gasteiger partial charge in [0.25, 0.3) is 5.88 Å². The van der Waals surface area contributed by atoms with E-state index in [0.29, 0.717) is 65.9 Å². The summed E-state index contributed by atoms with van der Waals surface area (Å²) in [5, 5.41) is 27.2. The van der Waals surface area contributed by atoms with Crippen LogP contribution in [0.4, 0.5) is 10.9 Å². The molecule has 5 aromatic heterocycles. The van der Waals surface area contributed by atoms with E-state index in [2.05, 4.69) is 60.5 Å². The molecule has 1 aromatic carbocycles. The molecular formula is C48H58N14O4S2. The highest BCUT2D eigenvalue weighted by molar-refractivity contribution is 7.16. The van der Waals surface area contributed by atoms with Gasteiger partial charge in [0, 0.05) is 48.5 Å². The number of thiophene rings is 1. The topological polar surface area (TPSA) is 223 Å². The molecule has 0 bridgehead atoms. The number of ether oxygens (including phenoxy) is 1. The van der Waals surface area contributed by atoms with Crippen molar-refractivity contribution in [3.63, 3.8) is 0 Å². The second kappa shape index (κ2) is 20.5. The predicted molar refractivity (Wildman–Crippen MR) is 259 cm³/mol. The van der Waals surface area contributed by atoms with Gasteiger partial charge in [-0.3, -0.25) is 9.59 Å². The minimum Gasteiger partial charge on any atom is -0.475 e. The second-order valence-electron chi connectivity index (χ2n) is 18.5. The molecule has 0 radical (unpaired) electrons. The summed E-state index contributed by atoms with van der Waals surface area (Å²) in [7, 11) is 0. The molecule has 2 amide bonds. The third-order valence-corrected chi connectivity index (χ3v) is 15.5. The zero-order valence-electron chi connectivity index (χ0n) is 39.0. The maximum Gasteiger partial charge on any atom is 0.253 e. The Bertz CT molecular complexity index is 2750. The van der Waals surface area contributed by atoms with E-state index in [1.165, 1.54) is 11.3 Å². The Balaban J connectivity index is 0.739. The quantitative estimate of drug-likeness (QED) is 0.0968. The fraction of sp³-hybridized carbons (Fsp3) is 0.500. The largest absolute Gasteiger partial charge is 0.475 e. The number of nitriles is 1. The summed E-state index contributed by atoms with van der Waals surface area (Å²) in [6.45, 7) is 13.0. The Hall–Kier alpha value is -6.30. The number of hydrogen-bond acceptors (Lipinski definition) is 17. The number of unbranched alkanes of at least 4 members (excludes halogenated alkanes) is 1. The van der Waals surface area contributed by atoms with Gasteiger partial charge in [-0.1, -0.05) is 59.6 Å². The zero-order chi connectivity index (χ0) is 47.4. The van der Waals surface area contributed by atoms with E-state index >= 15 is 0 Å². The number of amides is 2. The van der Waals surface area contributed by atoms with Crippen molar-refractivity contribution in [1.82, 2.24) is 55.2 Å². The summed E-state index contributed by atoms with van der Waals surface area (Å²) in [5.41, 5.74) is 8.73. The van der Waals surface area contributed by atoms with Crippen LogP contribution in [0.2, 0.25) is 0 Å². The van der Waals surface area contributed by atoms with Crippen molar-refractivity contribution in [2.75, 3.05) is 50.0 Å². The van der Waals surface area contributed by atoms with Gasteiger partial charge in [0.1, 0.15) is 33.9 Å². The SMILES string of the molecule is CC(C)[C@@H](C(=O)N1CCC[C@H]1C(=O)NCc1ncc(-c2ccccc2)s1)n1cc(OCCCCN2CCCN(c3nccc(-c4noc([C@@]5(C)CCCc6sc(N)c(C#N)c65)n4)n3)[C@@H](C)C2)nn1. The lowest BCUT2D eigenvalue weighted by atomic mass is 9.72. The molecule has 7 heterocycles. The van der Waals surface area contributed by atoms with Gasteiger partial charge in [-0.25, -0.2) is 19.6 Å². The number of thiazole rings is 1. The molecule has 3 N–H and O–H groups in total. The lowest BCUT2D eigenvalue weighted by Crippen LogP contribution is -2.48. The summed E-state index contributed by atoms with van der Waals surface area (Å²) in [6, 6.07) is 13.1. The summed E-state index contributed by atoms with van der Waals surface area (Å²) < 4.78 is 13.5. The monoisotopic (exact) mass is 958 g/mol. The molecule has 18 nitrogen and oxygen atoms in total. The number of fused-ring (bicyclic) bond motifs is 1. The minimum absolute atomic E-state index is 0.0962. The van der Waals surface area contributed by atoms with Crippen molar-refractivity contribution in [1.29, 1.82) is 5.26 Å². The van der Waals surface area contributed by atoms with E-state index in [4.69, 9.17) is 25.0 Å². The summed E-state index contributed by atoms with van der Waals surface area (Å²) in [5.74, 6) is 1.42. The molecule has 9 rings (SSSR count). The predicted octanol–water partition coefficient (Wildman–Crippen LogP) is 6.66. The fourth-order valence-corrected chi connectivity index (χ4v) is 11.9. The highest BCUT2D eigenvalue weighted by Crippen LogP contribution is 2.48. The molecule has 4 atom stereocenters. The summed E-state index contributed by atoms with van der Waals surface area (Å²) >= 11 is 3.03. The van der Waals surface area contributed by atoms with Gasteiger partial charge >= 0.3 is 0 Å². The van der Waals surface area contributed by atoms with Crippen molar-refractivity contribution >= 4 is 45.4 Å². The first-order valence-corrected chi connectivity index (χ1v) is 25.2. The van der Waals surface area contributed by atoms with E-state index in [0.717, 1.165) is 97.0 Å². The molecular weight excluding hydrogens is 901 g/mol. The molecule has 356 valence electrons. The van der Waals surface area contributed by atoms with Crippen LogP contribution in [0, 0.1) is 17.2 Å². The molecule has 0 saturated carbocycles. The van der Waals surface area contributed by atoms with Gasteiger partial charge in [0.05, 0.1) is 35.2 Å². The van der Waals surface area contributed by atoms with E-state index in [1.54, 1.807) is 39.4 Å². The Kier molecular flexibility index (Phi) is 14.1. The minimum atomic E-state index is -0.629. The lowest BCUT2D eigenvalue weighted by molar-refractivity contribution is -0.142. The number of likely N-dealkylation sites (tertiary alicyclic amines) is 1. The van der Waals surface area contributed by atoms with E-state index < -0.39 is 17.5 Å². The third kappa shape index (κ3) is 9.82. The lowest BCUT2D eigenvalue weighted by Gasteiger charge is -2.30. The second-order valence-corrected chi connectivity index (χ2v) is 20.7. The van der Waals surface area contributed by atoms with Crippen LogP contribution in [0.5, 0.6) is 5.88 Å². The smallest absolute Gasteiger partial charge is 0.253 e. The highest BCUT2D eigenvalue weighted by atomic mass is 32.1. The molecule has 2 fully saturated rings. The Labute approximate surface area is 403 Å². The van der Waals surface area contributed by atoms with Gasteiger partial charge in [-0.15, -0.1) is 22.7 Å². The number of nitrogens with one attached hydrogen (secondary N) is 1. The third-order valence-electron chi connectivity index (χ3n) is 13.3. The number of hydrogen-bond donors (Lipinski definition) is 2. The van der Waals surface area contributed by atoms with Gasteiger partial charge in [0.15, 0.2) is 0 Å². The van der Waals surface area contributed by atoms with Crippen LogP contribution in [-0.2, 0) is 28.0 Å². The molecule has 2 saturated heterocycles. The van der Waals surface area contributed by atoms with Crippen molar-refractivity contribution in [2.45, 2.75) is 109 Å². The van der Waals surface area contributed by atoms with Crippen molar-refractivity contribution < 1.29 is 18.8 Å². The maximum atomic E-state index is 14.1. The van der Waals surface area contributed by atoms with Crippen molar-refractivity contribution in [2.24, 2.45) is 5.92 Å². The Morgan fingerprint density at radius 2 is 1.93 bits per heavy atom. The average molecular weight is 959 g/mol. The number of benzene rings is 1. The Morgan fingerprint density at radius 1 is 1.07 bits per heavy atom. The van der Waals surface area contributed by atoms with Gasteiger partial charge in [-0.05, 0) is 95.9 Å². The van der Waals surface area contributed by atoms with Crippen LogP contribution in [0.25, 0.3) is 22.0 Å². The van der Waals surface area contributed by atoms with Gasteiger partial charge in [0.2, 0.25) is 29.5 Å². The molecule has 1 aliphatic carbocycles. The molecule has 0 unspecified atom stereocenters. The summed E-state index contributed by atoms with van der Waals surface area (Å²) in [4.78, 5) is 55.1. The van der Waals surface area contributed by atoms with Gasteiger partial charge < -0.3 is 35.0 Å². The van der Waals surface area contributed by atoms with Crippen LogP contribution in [0.3, 0.4) is 0 Å². The number of rotatable bonds is 16.